The highest BCUT2D eigenvalue weighted by molar-refractivity contribution is 9.11. The number of fused-ring (bicyclic) bond motifs is 2. The number of piperidine rings is 1. The average molecular weight is 561 g/mol. The first-order valence-corrected chi connectivity index (χ1v) is 13.0. The fourth-order valence-electron chi connectivity index (χ4n) is 4.57. The van der Waals surface area contributed by atoms with Crippen LogP contribution in [0.3, 0.4) is 0 Å². The smallest absolute Gasteiger partial charge is 0.244 e. The molecule has 0 aliphatic carbocycles. The standard InChI is InChI=1S/C19H23Br2N5O3S/c1-2-12-10-25(11-15-9-22-24-23-15)19(27)18-5-3-4-17(12)26(18)30(28,29)16-7-13(20)6-14(21)8-16/h6-9,12,17-18H,2-5,10-11H2,1H3,(H,22,23,24)/t12-,17?,18?/m0/s1. The number of hydrogen-bond donors (Lipinski definition) is 1. The van der Waals surface area contributed by atoms with Crippen molar-refractivity contribution in [2.75, 3.05) is 6.54 Å². The van der Waals surface area contributed by atoms with Crippen LogP contribution in [0.15, 0.2) is 38.2 Å². The largest absolute Gasteiger partial charge is 0.335 e. The van der Waals surface area contributed by atoms with Crippen molar-refractivity contribution in [2.45, 2.75) is 56.1 Å². The summed E-state index contributed by atoms with van der Waals surface area (Å²) in [7, 11) is -3.86. The van der Waals surface area contributed by atoms with Crippen LogP contribution < -0.4 is 0 Å². The van der Waals surface area contributed by atoms with E-state index in [0.717, 1.165) is 19.3 Å². The number of halogens is 2. The van der Waals surface area contributed by atoms with Gasteiger partial charge < -0.3 is 4.90 Å². The first kappa shape index (κ1) is 21.9. The molecule has 0 spiro atoms. The number of nitrogens with zero attached hydrogens (tertiary/aromatic N) is 4. The minimum atomic E-state index is -3.86. The van der Waals surface area contributed by atoms with E-state index < -0.39 is 16.1 Å². The van der Waals surface area contributed by atoms with Gasteiger partial charge in [-0.15, -0.1) is 0 Å². The summed E-state index contributed by atoms with van der Waals surface area (Å²) < 4.78 is 30.4. The second-order valence-corrected chi connectivity index (χ2v) is 11.5. The molecule has 0 saturated carbocycles. The molecule has 1 aromatic carbocycles. The predicted octanol–water partition coefficient (Wildman–Crippen LogP) is 3.31. The van der Waals surface area contributed by atoms with Crippen molar-refractivity contribution >= 4 is 47.8 Å². The SMILES string of the molecule is CC[C@H]1CN(Cc2cn[nH]n2)C(=O)C2CCCC1N2S(=O)(=O)c1cc(Br)cc(Br)c1. The Morgan fingerprint density at radius 2 is 1.93 bits per heavy atom. The molecule has 162 valence electrons. The first-order valence-electron chi connectivity index (χ1n) is 9.94. The fraction of sp³-hybridized carbons (Fsp3) is 0.526. The Kier molecular flexibility index (Phi) is 6.34. The van der Waals surface area contributed by atoms with Crippen LogP contribution in [-0.2, 0) is 21.4 Å². The summed E-state index contributed by atoms with van der Waals surface area (Å²) in [6.45, 7) is 2.89. The third kappa shape index (κ3) is 4.09. The molecular formula is C19H23Br2N5O3S. The first-order chi connectivity index (χ1) is 14.3. The average Bonchev–Trinajstić information content (AvgIpc) is 3.20. The number of hydrogen-bond acceptors (Lipinski definition) is 5. The minimum absolute atomic E-state index is 0.0523. The maximum atomic E-state index is 13.8. The van der Waals surface area contributed by atoms with E-state index in [1.807, 2.05) is 0 Å². The van der Waals surface area contributed by atoms with Gasteiger partial charge in [-0.25, -0.2) is 8.42 Å². The molecule has 30 heavy (non-hydrogen) atoms. The number of benzene rings is 1. The van der Waals surface area contributed by atoms with Crippen LogP contribution in [0.4, 0.5) is 0 Å². The molecule has 2 aliphatic rings. The van der Waals surface area contributed by atoms with Crippen molar-refractivity contribution in [3.8, 4) is 0 Å². The van der Waals surface area contributed by atoms with Crippen molar-refractivity contribution in [1.82, 2.24) is 24.6 Å². The van der Waals surface area contributed by atoms with Crippen LogP contribution in [0.5, 0.6) is 0 Å². The lowest BCUT2D eigenvalue weighted by Gasteiger charge is -2.40. The van der Waals surface area contributed by atoms with Gasteiger partial charge in [0.25, 0.3) is 0 Å². The highest BCUT2D eigenvalue weighted by Gasteiger charge is 2.49. The van der Waals surface area contributed by atoms with Gasteiger partial charge in [0.05, 0.1) is 17.6 Å². The lowest BCUT2D eigenvalue weighted by molar-refractivity contribution is -0.135. The highest BCUT2D eigenvalue weighted by Crippen LogP contribution is 2.39. The van der Waals surface area contributed by atoms with Crippen molar-refractivity contribution in [3.05, 3.63) is 39.0 Å². The Morgan fingerprint density at radius 1 is 1.20 bits per heavy atom. The number of H-pyrrole nitrogens is 1. The normalized spacial score (nSPS) is 25.4. The van der Waals surface area contributed by atoms with Gasteiger partial charge in [0.15, 0.2) is 0 Å². The third-order valence-corrected chi connectivity index (χ3v) is 8.79. The Bertz CT molecular complexity index is 1010. The topological polar surface area (TPSA) is 99.3 Å². The van der Waals surface area contributed by atoms with Gasteiger partial charge in [-0.2, -0.15) is 19.7 Å². The number of amides is 1. The van der Waals surface area contributed by atoms with Crippen molar-refractivity contribution in [1.29, 1.82) is 0 Å². The Labute approximate surface area is 192 Å². The number of nitrogens with one attached hydrogen (secondary N) is 1. The van der Waals surface area contributed by atoms with E-state index in [1.54, 1.807) is 29.3 Å². The van der Waals surface area contributed by atoms with Gasteiger partial charge in [-0.1, -0.05) is 45.2 Å². The second-order valence-electron chi connectivity index (χ2n) is 7.80. The Morgan fingerprint density at radius 3 is 2.57 bits per heavy atom. The number of aromatic amines is 1. The van der Waals surface area contributed by atoms with Gasteiger partial charge in [-0.3, -0.25) is 4.79 Å². The molecule has 1 amide bonds. The summed E-state index contributed by atoms with van der Waals surface area (Å²) >= 11 is 6.76. The molecule has 2 unspecified atom stereocenters. The van der Waals surface area contributed by atoms with Gasteiger partial charge in [-0.05, 0) is 43.4 Å². The Hall–Kier alpha value is -1.30. The number of aromatic nitrogens is 3. The molecule has 8 nitrogen and oxygen atoms in total. The van der Waals surface area contributed by atoms with Crippen LogP contribution >= 0.6 is 31.9 Å². The van der Waals surface area contributed by atoms with Gasteiger partial charge >= 0.3 is 0 Å². The molecule has 2 saturated heterocycles. The zero-order valence-electron chi connectivity index (χ0n) is 16.5. The van der Waals surface area contributed by atoms with Crippen LogP contribution in [-0.4, -0.2) is 57.6 Å². The summed E-state index contributed by atoms with van der Waals surface area (Å²) in [6, 6.07) is 4.08. The van der Waals surface area contributed by atoms with Crippen LogP contribution in [0.1, 0.15) is 38.3 Å². The van der Waals surface area contributed by atoms with Crippen LogP contribution in [0.25, 0.3) is 0 Å². The molecular weight excluding hydrogens is 538 g/mol. The summed E-state index contributed by atoms with van der Waals surface area (Å²) in [5.74, 6) is -0.104. The monoisotopic (exact) mass is 559 g/mol. The molecule has 0 radical (unpaired) electrons. The number of rotatable bonds is 5. The molecule has 2 aliphatic heterocycles. The number of carbonyl (C=O) groups excluding carboxylic acids is 1. The maximum absolute atomic E-state index is 13.8. The molecule has 3 heterocycles. The quantitative estimate of drug-likeness (QED) is 0.605. The fourth-order valence-corrected chi connectivity index (χ4v) is 8.13. The van der Waals surface area contributed by atoms with E-state index in [-0.39, 0.29) is 22.8 Å². The van der Waals surface area contributed by atoms with E-state index >= 15 is 0 Å². The summed E-state index contributed by atoms with van der Waals surface area (Å²) in [5, 5.41) is 10.5. The van der Waals surface area contributed by atoms with Crippen molar-refractivity contribution in [2.24, 2.45) is 5.92 Å². The van der Waals surface area contributed by atoms with Gasteiger partial charge in [0.1, 0.15) is 11.7 Å². The number of carbonyl (C=O) groups is 1. The van der Waals surface area contributed by atoms with E-state index in [4.69, 9.17) is 0 Å². The molecule has 11 heteroatoms. The summed E-state index contributed by atoms with van der Waals surface area (Å²) in [6.07, 6.45) is 4.50. The summed E-state index contributed by atoms with van der Waals surface area (Å²) in [4.78, 5) is 15.4. The third-order valence-electron chi connectivity index (χ3n) is 5.96. The predicted molar refractivity (Wildman–Crippen MR) is 118 cm³/mol. The van der Waals surface area contributed by atoms with Gasteiger partial charge in [0, 0.05) is 21.5 Å². The van der Waals surface area contributed by atoms with Crippen LogP contribution in [0, 0.1) is 5.92 Å². The van der Waals surface area contributed by atoms with Crippen molar-refractivity contribution in [3.63, 3.8) is 0 Å². The number of sulfonamides is 1. The maximum Gasteiger partial charge on any atom is 0.244 e. The van der Waals surface area contributed by atoms with E-state index in [0.29, 0.717) is 34.1 Å². The van der Waals surface area contributed by atoms with E-state index in [9.17, 15) is 13.2 Å². The van der Waals surface area contributed by atoms with E-state index in [2.05, 4.69) is 54.2 Å². The molecule has 2 bridgehead atoms. The summed E-state index contributed by atoms with van der Waals surface area (Å²) in [5.41, 5.74) is 0.667. The molecule has 1 N–H and O–H groups in total. The van der Waals surface area contributed by atoms with Crippen LogP contribution in [0.2, 0.25) is 0 Å². The van der Waals surface area contributed by atoms with E-state index in [1.165, 1.54) is 4.31 Å². The zero-order valence-corrected chi connectivity index (χ0v) is 20.5. The Balaban J connectivity index is 1.76. The highest BCUT2D eigenvalue weighted by atomic mass is 79.9. The molecule has 2 fully saturated rings. The molecule has 2 aromatic rings. The van der Waals surface area contributed by atoms with Crippen molar-refractivity contribution < 1.29 is 13.2 Å². The molecule has 4 rings (SSSR count). The van der Waals surface area contributed by atoms with Gasteiger partial charge in [0.2, 0.25) is 15.9 Å². The molecule has 1 aromatic heterocycles. The molecule has 3 atom stereocenters. The minimum Gasteiger partial charge on any atom is -0.335 e. The second kappa shape index (κ2) is 8.68. The lowest BCUT2D eigenvalue weighted by Crippen LogP contribution is -2.54. The zero-order chi connectivity index (χ0) is 21.5. The lowest BCUT2D eigenvalue weighted by atomic mass is 9.89.